The number of carbonyl (C=O) groups is 2. The number of nitrogens with zero attached hydrogens (tertiary/aromatic N) is 2. The monoisotopic (exact) mass is 442 g/mol. The van der Waals surface area contributed by atoms with Crippen LogP contribution in [0.25, 0.3) is 0 Å². The predicted octanol–water partition coefficient (Wildman–Crippen LogP) is 1.98. The summed E-state index contributed by atoms with van der Waals surface area (Å²) in [5.41, 5.74) is 5.32. The first kappa shape index (κ1) is 22.6. The van der Waals surface area contributed by atoms with Crippen molar-refractivity contribution in [2.45, 2.75) is 64.1 Å². The third kappa shape index (κ3) is 3.85. The van der Waals surface area contributed by atoms with Crippen molar-refractivity contribution in [1.82, 2.24) is 10.2 Å². The van der Waals surface area contributed by atoms with Gasteiger partial charge in [0, 0.05) is 18.0 Å². The lowest BCUT2D eigenvalue weighted by molar-refractivity contribution is -0.131. The minimum atomic E-state index is -1.22. The zero-order chi connectivity index (χ0) is 23.3. The summed E-state index contributed by atoms with van der Waals surface area (Å²) in [7, 11) is 0. The van der Waals surface area contributed by atoms with E-state index in [1.807, 2.05) is 45.0 Å². The van der Waals surface area contributed by atoms with Crippen molar-refractivity contribution in [1.29, 1.82) is 0 Å². The highest BCUT2D eigenvalue weighted by Crippen LogP contribution is 2.48. The van der Waals surface area contributed by atoms with E-state index in [1.54, 1.807) is 6.92 Å². The molecule has 0 spiro atoms. The Hall–Kier alpha value is -2.61. The second-order valence-corrected chi connectivity index (χ2v) is 9.76. The van der Waals surface area contributed by atoms with Crippen molar-refractivity contribution in [3.63, 3.8) is 0 Å². The third-order valence-electron chi connectivity index (χ3n) is 7.64. The Labute approximate surface area is 189 Å². The summed E-state index contributed by atoms with van der Waals surface area (Å²) >= 11 is 0. The van der Waals surface area contributed by atoms with Gasteiger partial charge in [-0.2, -0.15) is 0 Å². The molecule has 4 rings (SSSR count). The Bertz CT molecular complexity index is 940. The number of guanidine groups is 1. The van der Waals surface area contributed by atoms with Gasteiger partial charge in [0.05, 0.1) is 18.0 Å². The highest BCUT2D eigenvalue weighted by Gasteiger charge is 2.54. The van der Waals surface area contributed by atoms with Gasteiger partial charge < -0.3 is 20.9 Å². The van der Waals surface area contributed by atoms with Gasteiger partial charge in [-0.3, -0.25) is 14.5 Å². The highest BCUT2D eigenvalue weighted by molar-refractivity contribution is 5.99. The molecule has 32 heavy (non-hydrogen) atoms. The molecule has 174 valence electrons. The predicted molar refractivity (Wildman–Crippen MR) is 121 cm³/mol. The minimum absolute atomic E-state index is 0.00323. The van der Waals surface area contributed by atoms with Crippen LogP contribution in [0.3, 0.4) is 0 Å². The Balaban J connectivity index is 1.45. The molecule has 0 aromatic heterocycles. The minimum Gasteiger partial charge on any atom is -0.490 e. The summed E-state index contributed by atoms with van der Waals surface area (Å²) in [6.07, 6.45) is 1.88. The Morgan fingerprint density at radius 2 is 2.03 bits per heavy atom. The molecular weight excluding hydrogens is 408 g/mol. The number of hydrogen-bond acceptors (Lipinski definition) is 6. The average molecular weight is 443 g/mol. The summed E-state index contributed by atoms with van der Waals surface area (Å²) in [5.74, 6) is 0.641. The van der Waals surface area contributed by atoms with Crippen molar-refractivity contribution in [3.8, 4) is 5.75 Å². The lowest BCUT2D eigenvalue weighted by Gasteiger charge is -2.38. The van der Waals surface area contributed by atoms with Gasteiger partial charge in [-0.05, 0) is 37.7 Å². The Kier molecular flexibility index (Phi) is 5.69. The van der Waals surface area contributed by atoms with Crippen LogP contribution in [-0.2, 0) is 9.59 Å². The van der Waals surface area contributed by atoms with E-state index in [-0.39, 0.29) is 42.1 Å². The SMILES string of the molecule is CCC1(CC)CC(=O)N(C[C@@H]2C(C)[C@H]2C(=O)N[C@@H]2c3ccccc3OCC2(C)O)C(N)=N1. The molecule has 4 N–H and O–H groups in total. The Morgan fingerprint density at radius 3 is 2.69 bits per heavy atom. The van der Waals surface area contributed by atoms with Crippen LogP contribution >= 0.6 is 0 Å². The first-order valence-electron chi connectivity index (χ1n) is 11.5. The molecule has 2 heterocycles. The van der Waals surface area contributed by atoms with E-state index in [4.69, 9.17) is 10.5 Å². The van der Waals surface area contributed by atoms with E-state index in [2.05, 4.69) is 10.3 Å². The number of ether oxygens (including phenoxy) is 1. The summed E-state index contributed by atoms with van der Waals surface area (Å²) in [6.45, 7) is 8.21. The fraction of sp³-hybridized carbons (Fsp3) is 0.625. The molecule has 0 radical (unpaired) electrons. The number of para-hydroxylation sites is 1. The lowest BCUT2D eigenvalue weighted by Crippen LogP contribution is -2.52. The molecule has 1 aliphatic carbocycles. The van der Waals surface area contributed by atoms with Crippen molar-refractivity contribution in [2.24, 2.45) is 28.5 Å². The molecule has 8 nitrogen and oxygen atoms in total. The standard InChI is InChI=1S/C24H34N4O4/c1-5-24(6-2)11-18(29)28(22(25)27-24)12-16-14(3)19(16)21(30)26-20-15-9-7-8-10-17(15)32-13-23(20,4)31/h7-10,14,16,19-20,31H,5-6,11-13H2,1-4H3,(H2,25,27)(H,26,30)/t14?,16-,19-,20-,23?/m1/s1. The maximum absolute atomic E-state index is 13.2. The number of rotatable bonds is 6. The van der Waals surface area contributed by atoms with Crippen molar-refractivity contribution in [3.05, 3.63) is 29.8 Å². The van der Waals surface area contributed by atoms with Crippen LogP contribution in [0.2, 0.25) is 0 Å². The molecule has 5 atom stereocenters. The number of hydrogen-bond donors (Lipinski definition) is 3. The molecule has 2 unspecified atom stereocenters. The normalized spacial score (nSPS) is 33.1. The maximum Gasteiger partial charge on any atom is 0.231 e. The van der Waals surface area contributed by atoms with Crippen LogP contribution < -0.4 is 15.8 Å². The van der Waals surface area contributed by atoms with Gasteiger partial charge in [-0.25, -0.2) is 4.99 Å². The molecule has 2 amide bonds. The molecule has 1 aromatic carbocycles. The van der Waals surface area contributed by atoms with Gasteiger partial charge in [0.25, 0.3) is 0 Å². The van der Waals surface area contributed by atoms with E-state index in [0.29, 0.717) is 18.7 Å². The average Bonchev–Trinajstić information content (AvgIpc) is 3.41. The van der Waals surface area contributed by atoms with Crippen LogP contribution in [0.1, 0.15) is 58.6 Å². The largest absolute Gasteiger partial charge is 0.490 e. The fourth-order valence-electron chi connectivity index (χ4n) is 5.13. The van der Waals surface area contributed by atoms with Gasteiger partial charge in [0.15, 0.2) is 5.96 Å². The van der Waals surface area contributed by atoms with Gasteiger partial charge >= 0.3 is 0 Å². The molecule has 3 aliphatic rings. The number of aliphatic hydroxyl groups is 1. The molecule has 2 aliphatic heterocycles. The van der Waals surface area contributed by atoms with Gasteiger partial charge in [-0.15, -0.1) is 0 Å². The molecule has 1 fully saturated rings. The van der Waals surface area contributed by atoms with Crippen molar-refractivity contribution < 1.29 is 19.4 Å². The first-order chi connectivity index (χ1) is 15.1. The van der Waals surface area contributed by atoms with Crippen LogP contribution in [0, 0.1) is 17.8 Å². The molecule has 0 saturated heterocycles. The Morgan fingerprint density at radius 1 is 1.34 bits per heavy atom. The quantitative estimate of drug-likeness (QED) is 0.623. The van der Waals surface area contributed by atoms with E-state index in [9.17, 15) is 14.7 Å². The smallest absolute Gasteiger partial charge is 0.231 e. The molecule has 0 bridgehead atoms. The summed E-state index contributed by atoms with van der Waals surface area (Å²) < 4.78 is 5.66. The van der Waals surface area contributed by atoms with Crippen LogP contribution in [-0.4, -0.2) is 52.1 Å². The number of fused-ring (bicyclic) bond motifs is 1. The van der Waals surface area contributed by atoms with Crippen LogP contribution in [0.5, 0.6) is 5.75 Å². The number of nitrogens with two attached hydrogens (primary N) is 1. The number of aliphatic imine (C=N–C) groups is 1. The number of carbonyl (C=O) groups excluding carboxylic acids is 2. The van der Waals surface area contributed by atoms with Gasteiger partial charge in [0.2, 0.25) is 11.8 Å². The zero-order valence-corrected chi connectivity index (χ0v) is 19.3. The van der Waals surface area contributed by atoms with E-state index >= 15 is 0 Å². The fourth-order valence-corrected chi connectivity index (χ4v) is 5.13. The topological polar surface area (TPSA) is 117 Å². The number of amides is 2. The lowest BCUT2D eigenvalue weighted by atomic mass is 9.87. The highest BCUT2D eigenvalue weighted by atomic mass is 16.5. The van der Waals surface area contributed by atoms with Gasteiger partial charge in [0.1, 0.15) is 18.0 Å². The zero-order valence-electron chi connectivity index (χ0n) is 19.3. The van der Waals surface area contributed by atoms with Crippen molar-refractivity contribution in [2.75, 3.05) is 13.2 Å². The van der Waals surface area contributed by atoms with E-state index in [0.717, 1.165) is 18.4 Å². The van der Waals surface area contributed by atoms with Gasteiger partial charge in [-0.1, -0.05) is 39.0 Å². The second kappa shape index (κ2) is 8.06. The third-order valence-corrected chi connectivity index (χ3v) is 7.64. The summed E-state index contributed by atoms with van der Waals surface area (Å²) in [4.78, 5) is 32.2. The molecule has 1 aromatic rings. The molecular formula is C24H34N4O4. The first-order valence-corrected chi connectivity index (χ1v) is 11.5. The van der Waals surface area contributed by atoms with Crippen molar-refractivity contribution >= 4 is 17.8 Å². The number of nitrogens with one attached hydrogen (secondary N) is 1. The maximum atomic E-state index is 13.2. The summed E-state index contributed by atoms with van der Waals surface area (Å²) in [6, 6.07) is 6.86. The molecule has 8 heteroatoms. The van der Waals surface area contributed by atoms with E-state index in [1.165, 1.54) is 4.90 Å². The van der Waals surface area contributed by atoms with Crippen LogP contribution in [0.4, 0.5) is 0 Å². The second-order valence-electron chi connectivity index (χ2n) is 9.76. The van der Waals surface area contributed by atoms with Crippen LogP contribution in [0.15, 0.2) is 29.3 Å². The molecule has 1 saturated carbocycles. The van der Waals surface area contributed by atoms with E-state index < -0.39 is 17.2 Å². The summed E-state index contributed by atoms with van der Waals surface area (Å²) in [5, 5.41) is 13.9. The number of benzene rings is 1.